The van der Waals surface area contributed by atoms with Gasteiger partial charge in [0.2, 0.25) is 5.88 Å². The fourth-order valence-corrected chi connectivity index (χ4v) is 1.49. The van der Waals surface area contributed by atoms with Crippen molar-refractivity contribution in [3.8, 4) is 17.4 Å². The van der Waals surface area contributed by atoms with Crippen LogP contribution in [-0.4, -0.2) is 16.6 Å². The van der Waals surface area contributed by atoms with E-state index < -0.39 is 0 Å². The van der Waals surface area contributed by atoms with Crippen LogP contribution in [0.2, 0.25) is 0 Å². The lowest BCUT2D eigenvalue weighted by atomic mass is 10.3. The molecule has 2 aromatic rings. The van der Waals surface area contributed by atoms with E-state index >= 15 is 0 Å². The third-order valence-electron chi connectivity index (χ3n) is 2.59. The Morgan fingerprint density at radius 3 is 2.47 bits per heavy atom. The monoisotopic (exact) mass is 259 g/mol. The number of aromatic nitrogens is 2. The van der Waals surface area contributed by atoms with E-state index in [0.29, 0.717) is 24.1 Å². The molecule has 2 N–H and O–H groups in total. The summed E-state index contributed by atoms with van der Waals surface area (Å²) in [7, 11) is 0. The first-order valence-corrected chi connectivity index (χ1v) is 6.18. The quantitative estimate of drug-likeness (QED) is 0.893. The van der Waals surface area contributed by atoms with E-state index in [9.17, 15) is 0 Å². The van der Waals surface area contributed by atoms with Gasteiger partial charge < -0.3 is 15.2 Å². The first-order valence-electron chi connectivity index (χ1n) is 6.18. The maximum atomic E-state index is 5.70. The van der Waals surface area contributed by atoms with Gasteiger partial charge >= 0.3 is 0 Å². The zero-order valence-corrected chi connectivity index (χ0v) is 11.1. The molecule has 19 heavy (non-hydrogen) atoms. The second-order valence-corrected chi connectivity index (χ2v) is 4.11. The molecule has 0 aliphatic carbocycles. The highest BCUT2D eigenvalue weighted by molar-refractivity contribution is 5.45. The Kier molecular flexibility index (Phi) is 4.18. The lowest BCUT2D eigenvalue weighted by Crippen LogP contribution is -1.99. The number of hydrogen-bond acceptors (Lipinski definition) is 5. The van der Waals surface area contributed by atoms with Crippen LogP contribution in [0.15, 0.2) is 30.6 Å². The second kappa shape index (κ2) is 6.04. The molecule has 1 aromatic carbocycles. The number of anilines is 1. The van der Waals surface area contributed by atoms with Gasteiger partial charge in [-0.15, -0.1) is 0 Å². The Balaban J connectivity index is 2.09. The van der Waals surface area contributed by atoms with Crippen molar-refractivity contribution in [1.82, 2.24) is 9.97 Å². The maximum absolute atomic E-state index is 5.70. The molecule has 0 bridgehead atoms. The molecule has 0 fully saturated rings. The molecule has 0 saturated carbocycles. The number of rotatable bonds is 5. The molecule has 0 unspecified atom stereocenters. The molecule has 100 valence electrons. The Labute approximate surface area is 112 Å². The van der Waals surface area contributed by atoms with E-state index in [1.807, 2.05) is 31.2 Å². The van der Waals surface area contributed by atoms with Gasteiger partial charge in [0.25, 0.3) is 0 Å². The van der Waals surface area contributed by atoms with E-state index in [1.54, 1.807) is 0 Å². The van der Waals surface area contributed by atoms with Gasteiger partial charge in [-0.25, -0.2) is 9.97 Å². The first-order chi connectivity index (χ1) is 9.20. The van der Waals surface area contributed by atoms with Crippen LogP contribution in [0.5, 0.6) is 17.4 Å². The first kappa shape index (κ1) is 13.1. The van der Waals surface area contributed by atoms with Crippen LogP contribution in [0.1, 0.15) is 18.9 Å². The van der Waals surface area contributed by atoms with Crippen molar-refractivity contribution >= 4 is 5.82 Å². The van der Waals surface area contributed by atoms with Gasteiger partial charge in [-0.3, -0.25) is 0 Å². The molecule has 1 heterocycles. The summed E-state index contributed by atoms with van der Waals surface area (Å²) in [6.07, 6.45) is 2.37. The highest BCUT2D eigenvalue weighted by Crippen LogP contribution is 2.26. The summed E-state index contributed by atoms with van der Waals surface area (Å²) < 4.78 is 11.2. The van der Waals surface area contributed by atoms with Gasteiger partial charge in [0, 0.05) is 0 Å². The number of ether oxygens (including phenoxy) is 2. The Morgan fingerprint density at radius 1 is 1.11 bits per heavy atom. The molecule has 0 radical (unpaired) electrons. The van der Waals surface area contributed by atoms with Crippen molar-refractivity contribution in [2.45, 2.75) is 20.3 Å². The topological polar surface area (TPSA) is 70.3 Å². The van der Waals surface area contributed by atoms with E-state index in [1.165, 1.54) is 6.33 Å². The summed E-state index contributed by atoms with van der Waals surface area (Å²) >= 11 is 0. The third kappa shape index (κ3) is 3.34. The maximum Gasteiger partial charge on any atom is 0.227 e. The van der Waals surface area contributed by atoms with E-state index in [2.05, 4.69) is 16.9 Å². The predicted octanol–water partition coefficient (Wildman–Crippen LogP) is 2.95. The molecule has 0 aliphatic heterocycles. The van der Waals surface area contributed by atoms with Crippen molar-refractivity contribution in [1.29, 1.82) is 0 Å². The average molecular weight is 259 g/mol. The summed E-state index contributed by atoms with van der Waals surface area (Å²) in [5.74, 6) is 2.40. The van der Waals surface area contributed by atoms with Gasteiger partial charge in [-0.1, -0.05) is 6.92 Å². The van der Waals surface area contributed by atoms with Crippen molar-refractivity contribution in [3.05, 3.63) is 36.2 Å². The van der Waals surface area contributed by atoms with Crippen molar-refractivity contribution in [2.75, 3.05) is 12.3 Å². The minimum atomic E-state index is 0.424. The van der Waals surface area contributed by atoms with Crippen LogP contribution in [0.4, 0.5) is 5.82 Å². The highest BCUT2D eigenvalue weighted by Gasteiger charge is 2.06. The van der Waals surface area contributed by atoms with Gasteiger partial charge in [0.1, 0.15) is 23.6 Å². The molecule has 5 heteroatoms. The number of nitrogens with zero attached hydrogens (tertiary/aromatic N) is 2. The molecular weight excluding hydrogens is 242 g/mol. The molecular formula is C14H17N3O2. The summed E-state index contributed by atoms with van der Waals surface area (Å²) in [5, 5.41) is 0. The minimum Gasteiger partial charge on any atom is -0.494 e. The van der Waals surface area contributed by atoms with Crippen LogP contribution < -0.4 is 15.2 Å². The molecule has 0 saturated heterocycles. The lowest BCUT2D eigenvalue weighted by Gasteiger charge is -2.09. The molecule has 0 aliphatic rings. The minimum absolute atomic E-state index is 0.424. The zero-order valence-electron chi connectivity index (χ0n) is 11.1. The smallest absolute Gasteiger partial charge is 0.227 e. The average Bonchev–Trinajstić information content (AvgIpc) is 2.43. The van der Waals surface area contributed by atoms with E-state index in [-0.39, 0.29) is 0 Å². The van der Waals surface area contributed by atoms with Crippen molar-refractivity contribution in [2.24, 2.45) is 0 Å². The fraction of sp³-hybridized carbons (Fsp3) is 0.286. The van der Waals surface area contributed by atoms with Crippen LogP contribution in [0.3, 0.4) is 0 Å². The molecule has 0 spiro atoms. The van der Waals surface area contributed by atoms with Crippen LogP contribution in [0.25, 0.3) is 0 Å². The van der Waals surface area contributed by atoms with Gasteiger partial charge in [0.15, 0.2) is 0 Å². The number of nitrogen functional groups attached to an aromatic ring is 1. The van der Waals surface area contributed by atoms with Gasteiger partial charge in [-0.2, -0.15) is 0 Å². The van der Waals surface area contributed by atoms with Gasteiger partial charge in [-0.05, 0) is 37.6 Å². The number of nitrogens with two attached hydrogens (primary N) is 1. The van der Waals surface area contributed by atoms with E-state index in [0.717, 1.165) is 17.7 Å². The lowest BCUT2D eigenvalue weighted by molar-refractivity contribution is 0.317. The fourth-order valence-electron chi connectivity index (χ4n) is 1.49. The van der Waals surface area contributed by atoms with Crippen molar-refractivity contribution < 1.29 is 9.47 Å². The van der Waals surface area contributed by atoms with Crippen molar-refractivity contribution in [3.63, 3.8) is 0 Å². The Morgan fingerprint density at radius 2 is 1.79 bits per heavy atom. The predicted molar refractivity (Wildman–Crippen MR) is 73.5 cm³/mol. The third-order valence-corrected chi connectivity index (χ3v) is 2.59. The normalized spacial score (nSPS) is 10.2. The molecule has 5 nitrogen and oxygen atoms in total. The summed E-state index contributed by atoms with van der Waals surface area (Å²) in [4.78, 5) is 7.96. The molecule has 2 rings (SSSR count). The molecule has 0 atom stereocenters. The highest BCUT2D eigenvalue weighted by atomic mass is 16.5. The van der Waals surface area contributed by atoms with Crippen LogP contribution in [-0.2, 0) is 0 Å². The standard InChI is InChI=1S/C14H17N3O2/c1-3-8-18-11-4-6-12(7-5-11)19-14-10(2)13(15)16-9-17-14/h4-7,9H,3,8H2,1-2H3,(H2,15,16,17). The molecule has 0 amide bonds. The van der Waals surface area contributed by atoms with Crippen LogP contribution in [0, 0.1) is 6.92 Å². The number of hydrogen-bond donors (Lipinski definition) is 1. The van der Waals surface area contributed by atoms with Crippen LogP contribution >= 0.6 is 0 Å². The second-order valence-electron chi connectivity index (χ2n) is 4.11. The zero-order chi connectivity index (χ0) is 13.7. The SMILES string of the molecule is CCCOc1ccc(Oc2ncnc(N)c2C)cc1. The van der Waals surface area contributed by atoms with Gasteiger partial charge in [0.05, 0.1) is 12.2 Å². The summed E-state index contributed by atoms with van der Waals surface area (Å²) in [5.41, 5.74) is 6.43. The largest absolute Gasteiger partial charge is 0.494 e. The summed E-state index contributed by atoms with van der Waals surface area (Å²) in [6.45, 7) is 4.60. The molecule has 1 aromatic heterocycles. The van der Waals surface area contributed by atoms with E-state index in [4.69, 9.17) is 15.2 Å². The summed E-state index contributed by atoms with van der Waals surface area (Å²) in [6, 6.07) is 7.40. The Bertz CT molecular complexity index is 541. The Hall–Kier alpha value is -2.30. The number of benzene rings is 1.